The molecule has 0 atom stereocenters. The molecule has 0 amide bonds. The lowest BCUT2D eigenvalue weighted by atomic mass is 10.0. The van der Waals surface area contributed by atoms with Crippen LogP contribution in [0.2, 0.25) is 0 Å². The summed E-state index contributed by atoms with van der Waals surface area (Å²) >= 11 is 1.66. The van der Waals surface area contributed by atoms with Gasteiger partial charge in [0, 0.05) is 54.3 Å². The molecular weight excluding hydrogens is 673 g/mol. The van der Waals surface area contributed by atoms with Crippen LogP contribution in [0.3, 0.4) is 0 Å². The number of benzene rings is 3. The average Bonchev–Trinajstić information content (AvgIpc) is 3.80. The molecular formula is C43H42N2O6S. The van der Waals surface area contributed by atoms with Crippen molar-refractivity contribution >= 4 is 39.0 Å². The molecule has 0 N–H and O–H groups in total. The first-order valence-electron chi connectivity index (χ1n) is 17.7. The van der Waals surface area contributed by atoms with Crippen LogP contribution in [-0.4, -0.2) is 31.9 Å². The van der Waals surface area contributed by atoms with E-state index >= 15 is 0 Å². The van der Waals surface area contributed by atoms with Gasteiger partial charge < -0.3 is 27.8 Å². The van der Waals surface area contributed by atoms with Crippen LogP contribution < -0.4 is 25.6 Å². The molecule has 3 aromatic carbocycles. The fourth-order valence-electron chi connectivity index (χ4n) is 6.67. The van der Waals surface area contributed by atoms with E-state index in [1.54, 1.807) is 43.8 Å². The fraction of sp³-hybridized carbons (Fsp3) is 0.256. The van der Waals surface area contributed by atoms with E-state index in [-0.39, 0.29) is 5.63 Å². The topological polar surface area (TPSA) is 87.0 Å². The highest BCUT2D eigenvalue weighted by atomic mass is 32.1. The lowest BCUT2D eigenvalue weighted by Crippen LogP contribution is -2.25. The van der Waals surface area contributed by atoms with Gasteiger partial charge in [-0.15, -0.1) is 11.3 Å². The van der Waals surface area contributed by atoms with Gasteiger partial charge in [-0.25, -0.2) is 9.59 Å². The Bertz CT molecular complexity index is 2480. The Balaban J connectivity index is 1.14. The third-order valence-electron chi connectivity index (χ3n) is 9.63. The molecule has 0 aliphatic rings. The first-order chi connectivity index (χ1) is 25.3. The van der Waals surface area contributed by atoms with Crippen LogP contribution in [0.4, 0.5) is 5.69 Å². The average molecular weight is 715 g/mol. The molecule has 266 valence electrons. The van der Waals surface area contributed by atoms with Crippen molar-refractivity contribution in [2.24, 2.45) is 7.05 Å². The summed E-state index contributed by atoms with van der Waals surface area (Å²) in [6.07, 6.45) is 4.51. The van der Waals surface area contributed by atoms with Gasteiger partial charge in [0.05, 0.1) is 47.0 Å². The maximum Gasteiger partial charge on any atom is 0.345 e. The number of rotatable bonds is 13. The molecule has 9 heteroatoms. The SMILES string of the molecule is CCCCN(CCCC)c1ccc2cc(-c3ccc(-c4ccc(-c5ccc(-c6cc7c(OC)cc(OC)cc7oc6=O)cc5)s4)n3C)c(=O)oc2c1. The van der Waals surface area contributed by atoms with Gasteiger partial charge in [0.2, 0.25) is 0 Å². The zero-order valence-electron chi connectivity index (χ0n) is 30.2. The second-order valence-corrected chi connectivity index (χ2v) is 14.0. The van der Waals surface area contributed by atoms with Crippen LogP contribution in [0.25, 0.3) is 65.3 Å². The second-order valence-electron chi connectivity index (χ2n) is 13.0. The van der Waals surface area contributed by atoms with Crippen molar-refractivity contribution < 1.29 is 18.3 Å². The predicted octanol–water partition coefficient (Wildman–Crippen LogP) is 10.4. The summed E-state index contributed by atoms with van der Waals surface area (Å²) in [5.41, 5.74) is 5.87. The van der Waals surface area contributed by atoms with Gasteiger partial charge in [0.1, 0.15) is 22.7 Å². The molecule has 0 fully saturated rings. The zero-order valence-corrected chi connectivity index (χ0v) is 31.0. The summed E-state index contributed by atoms with van der Waals surface area (Å²) < 4.78 is 24.5. The van der Waals surface area contributed by atoms with Crippen LogP contribution in [0.5, 0.6) is 11.5 Å². The highest BCUT2D eigenvalue weighted by Crippen LogP contribution is 2.38. The third kappa shape index (κ3) is 6.76. The molecule has 4 heterocycles. The number of hydrogen-bond acceptors (Lipinski definition) is 8. The Morgan fingerprint density at radius 1 is 0.673 bits per heavy atom. The van der Waals surface area contributed by atoms with Crippen molar-refractivity contribution in [3.63, 3.8) is 0 Å². The molecule has 0 aliphatic carbocycles. The van der Waals surface area contributed by atoms with Crippen molar-refractivity contribution in [1.29, 1.82) is 0 Å². The lowest BCUT2D eigenvalue weighted by Gasteiger charge is -2.24. The number of nitrogens with zero attached hydrogens (tertiary/aromatic N) is 2. The number of fused-ring (bicyclic) bond motifs is 2. The number of unbranched alkanes of at least 4 members (excludes halogenated alkanes) is 2. The number of ether oxygens (including phenoxy) is 2. The number of anilines is 1. The summed E-state index contributed by atoms with van der Waals surface area (Å²) in [6, 6.07) is 29.5. The maximum absolute atomic E-state index is 13.4. The molecule has 0 bridgehead atoms. The molecule has 0 aliphatic heterocycles. The second kappa shape index (κ2) is 15.0. The molecule has 0 spiro atoms. The van der Waals surface area contributed by atoms with Crippen molar-refractivity contribution in [2.45, 2.75) is 39.5 Å². The minimum absolute atomic E-state index is 0.350. The van der Waals surface area contributed by atoms with Gasteiger partial charge in [-0.1, -0.05) is 51.0 Å². The van der Waals surface area contributed by atoms with Gasteiger partial charge in [-0.05, 0) is 72.5 Å². The fourth-order valence-corrected chi connectivity index (χ4v) is 7.74. The third-order valence-corrected chi connectivity index (χ3v) is 10.8. The quantitative estimate of drug-likeness (QED) is 0.110. The Hall–Kier alpha value is -5.54. The zero-order chi connectivity index (χ0) is 36.4. The molecule has 8 nitrogen and oxygen atoms in total. The van der Waals surface area contributed by atoms with Gasteiger partial charge in [-0.3, -0.25) is 0 Å². The number of methoxy groups -OCH3 is 2. The first kappa shape index (κ1) is 34.9. The van der Waals surface area contributed by atoms with Crippen LogP contribution in [0.1, 0.15) is 39.5 Å². The van der Waals surface area contributed by atoms with Gasteiger partial charge in [0.25, 0.3) is 0 Å². The number of hydrogen-bond donors (Lipinski definition) is 0. The summed E-state index contributed by atoms with van der Waals surface area (Å²) in [5.74, 6) is 1.11. The summed E-state index contributed by atoms with van der Waals surface area (Å²) in [7, 11) is 5.11. The molecule has 0 saturated heterocycles. The van der Waals surface area contributed by atoms with E-state index < -0.39 is 5.63 Å². The molecule has 0 saturated carbocycles. The lowest BCUT2D eigenvalue weighted by molar-refractivity contribution is 0.396. The molecule has 52 heavy (non-hydrogen) atoms. The minimum Gasteiger partial charge on any atom is -0.496 e. The van der Waals surface area contributed by atoms with E-state index in [0.29, 0.717) is 39.2 Å². The van der Waals surface area contributed by atoms with E-state index in [0.717, 1.165) is 82.1 Å². The smallest absolute Gasteiger partial charge is 0.345 e. The van der Waals surface area contributed by atoms with Crippen LogP contribution in [0, 0.1) is 0 Å². The minimum atomic E-state index is -0.435. The Morgan fingerprint density at radius 3 is 2.06 bits per heavy atom. The first-order valence-corrected chi connectivity index (χ1v) is 18.5. The summed E-state index contributed by atoms with van der Waals surface area (Å²) in [5, 5.41) is 1.59. The van der Waals surface area contributed by atoms with E-state index in [9.17, 15) is 9.59 Å². The predicted molar refractivity (Wildman–Crippen MR) is 212 cm³/mol. The molecule has 7 rings (SSSR count). The van der Waals surface area contributed by atoms with Crippen molar-refractivity contribution in [3.8, 4) is 54.9 Å². The van der Waals surface area contributed by atoms with Gasteiger partial charge in [-0.2, -0.15) is 0 Å². The maximum atomic E-state index is 13.4. The largest absolute Gasteiger partial charge is 0.496 e. The highest BCUT2D eigenvalue weighted by molar-refractivity contribution is 7.18. The summed E-state index contributed by atoms with van der Waals surface area (Å²) in [4.78, 5) is 30.9. The van der Waals surface area contributed by atoms with E-state index in [4.69, 9.17) is 18.3 Å². The van der Waals surface area contributed by atoms with Gasteiger partial charge >= 0.3 is 11.3 Å². The molecule has 0 unspecified atom stereocenters. The number of thiophene rings is 1. The van der Waals surface area contributed by atoms with E-state index in [2.05, 4.69) is 43.0 Å². The van der Waals surface area contributed by atoms with E-state index in [1.807, 2.05) is 60.1 Å². The Morgan fingerprint density at radius 2 is 1.35 bits per heavy atom. The van der Waals surface area contributed by atoms with Crippen LogP contribution in [-0.2, 0) is 7.05 Å². The van der Waals surface area contributed by atoms with Crippen LogP contribution >= 0.6 is 11.3 Å². The van der Waals surface area contributed by atoms with Crippen LogP contribution in [0.15, 0.2) is 109 Å². The standard InChI is InChI=1S/C43H42N2O6S/c1-6-8-20-45(21-9-7-2)30-15-14-29-22-33(43(47)50-37(29)23-30)35-16-17-36(44(35)3)41-19-18-40(52-41)28-12-10-27(11-13-28)32-26-34-38(49-5)24-31(48-4)25-39(34)51-42(32)46/h10-19,22-26H,6-9,20-21H2,1-5H3. The summed E-state index contributed by atoms with van der Waals surface area (Å²) in [6.45, 7) is 6.39. The van der Waals surface area contributed by atoms with E-state index in [1.165, 1.54) is 0 Å². The molecule has 0 radical (unpaired) electrons. The Labute approximate surface area is 306 Å². The van der Waals surface area contributed by atoms with Crippen molar-refractivity contribution in [3.05, 3.63) is 112 Å². The monoisotopic (exact) mass is 714 g/mol. The number of aromatic nitrogens is 1. The normalized spacial score (nSPS) is 11.4. The van der Waals surface area contributed by atoms with Gasteiger partial charge in [0.15, 0.2) is 0 Å². The van der Waals surface area contributed by atoms with Crippen molar-refractivity contribution in [1.82, 2.24) is 4.57 Å². The molecule has 7 aromatic rings. The Kier molecular flexibility index (Phi) is 10.0. The molecule has 4 aromatic heterocycles. The highest BCUT2D eigenvalue weighted by Gasteiger charge is 2.18. The van der Waals surface area contributed by atoms with Crippen molar-refractivity contribution in [2.75, 3.05) is 32.2 Å².